The lowest BCUT2D eigenvalue weighted by Gasteiger charge is -2.41. The molecule has 0 bridgehead atoms. The summed E-state index contributed by atoms with van der Waals surface area (Å²) in [6.07, 6.45) is 3.89. The number of unbranched alkanes of at least 4 members (excludes halogenated alkanes) is 3. The molecule has 0 saturated carbocycles. The molecule has 5 N–H and O–H groups in total. The van der Waals surface area contributed by atoms with Crippen LogP contribution in [-0.4, -0.2) is 195 Å². The van der Waals surface area contributed by atoms with E-state index in [1.165, 1.54) is 42.8 Å². The van der Waals surface area contributed by atoms with Crippen molar-refractivity contribution in [1.29, 1.82) is 0 Å². The lowest BCUT2D eigenvalue weighted by atomic mass is 9.83. The minimum atomic E-state index is -3.80. The summed E-state index contributed by atoms with van der Waals surface area (Å²) in [4.78, 5) is 154. The number of nitrogens with two attached hydrogens (primary N) is 1. The van der Waals surface area contributed by atoms with Crippen molar-refractivity contribution in [1.82, 2.24) is 30.2 Å². The molecule has 0 aromatic heterocycles. The maximum atomic E-state index is 14.9. The number of carbonyl (C=O) groups is 11. The first-order valence-corrected chi connectivity index (χ1v) is 37.3. The number of amides is 9. The molecule has 2 aliphatic rings. The van der Waals surface area contributed by atoms with Gasteiger partial charge in [-0.3, -0.25) is 48.1 Å². The van der Waals surface area contributed by atoms with E-state index in [-0.39, 0.29) is 122 Å². The third kappa shape index (κ3) is 25.2. The van der Waals surface area contributed by atoms with Crippen molar-refractivity contribution < 1.29 is 75.4 Å². The van der Waals surface area contributed by atoms with Crippen LogP contribution in [0.2, 0.25) is 0 Å². The molecule has 4 rings (SSSR count). The number of likely N-dealkylation sites (N-methyl/N-ethyl adjacent to an activating group) is 2. The number of carbonyl (C=O) groups excluding carboxylic acids is 11. The van der Waals surface area contributed by atoms with Gasteiger partial charge in [-0.05, 0) is 91.7 Å². The summed E-state index contributed by atoms with van der Waals surface area (Å²) in [5.74, 6) is -7.56. The fourth-order valence-corrected chi connectivity index (χ4v) is 15.3. The normalized spacial score (nSPS) is 17.8. The first kappa shape index (κ1) is 82.7. The Balaban J connectivity index is 1.38. The molecule has 0 aliphatic carbocycles. The Morgan fingerprint density at radius 1 is 0.763 bits per heavy atom. The molecule has 2 aromatic carbocycles. The van der Waals surface area contributed by atoms with Crippen LogP contribution in [0.25, 0.3) is 0 Å². The number of rotatable bonds is 43. The highest BCUT2D eigenvalue weighted by Crippen LogP contribution is 2.33. The fraction of sp³-hybridized carbons (Fsp3) is 0.676. The predicted octanol–water partition coefficient (Wildman–Crippen LogP) is 8.16. The maximum absolute atomic E-state index is 14.9. The largest absolute Gasteiger partial charge is 0.445 e. The number of hydrogen-bond donors (Lipinski definition) is 4. The molecule has 26 heteroatoms. The highest BCUT2D eigenvalue weighted by molar-refractivity contribution is 8.00. The standard InChI is InChI=1S/C71H110N8O16S2/c1-15-47(8)65(58(93-12)39-61(84)78-36-24-28-54(78)66(94-13)48(9)57(82)43-97(91,92)42-50-25-18-16-19-26-50)76(10)68(87)53(44(2)3)38-56(81)64(46(6)7)77(11)71(90)95-41-49-30-32-52(33-31-49)74-67(86)51(27-21-22-34-73-70(72)89)37-55(80)63(45(4)5)75-60(83)29-20-17-23-35-79-62(85)40-59(96-14)69(79)88/h16,18-19,25-26,30-33,44-48,51,53-54,58-59,63-66H,15,17,20-24,27-29,34-43H2,1-14H3,(H,74,86)(H,75,83)(H3,72,73,89)/t47-,48-,51+,53-,54-,58+,59?,63-,64-,65-,66+/m0/s1. The van der Waals surface area contributed by atoms with Crippen LogP contribution in [0.15, 0.2) is 54.6 Å². The Morgan fingerprint density at radius 3 is 2.01 bits per heavy atom. The minimum absolute atomic E-state index is 0.117. The van der Waals surface area contributed by atoms with Gasteiger partial charge in [0.2, 0.25) is 35.4 Å². The summed E-state index contributed by atoms with van der Waals surface area (Å²) in [7, 11) is 2.26. The summed E-state index contributed by atoms with van der Waals surface area (Å²) >= 11 is 1.35. The Morgan fingerprint density at radius 2 is 1.43 bits per heavy atom. The van der Waals surface area contributed by atoms with Gasteiger partial charge in [0.15, 0.2) is 27.2 Å². The minimum Gasteiger partial charge on any atom is -0.445 e. The molecule has 97 heavy (non-hydrogen) atoms. The smallest absolute Gasteiger partial charge is 0.410 e. The van der Waals surface area contributed by atoms with Crippen molar-refractivity contribution in [3.8, 4) is 0 Å². The van der Waals surface area contributed by atoms with Gasteiger partial charge < -0.3 is 50.6 Å². The van der Waals surface area contributed by atoms with Crippen molar-refractivity contribution in [3.05, 3.63) is 65.7 Å². The number of nitrogens with zero attached hydrogens (tertiary/aromatic N) is 4. The van der Waals surface area contributed by atoms with Crippen molar-refractivity contribution >= 4 is 92.2 Å². The van der Waals surface area contributed by atoms with Gasteiger partial charge >= 0.3 is 12.1 Å². The molecule has 2 heterocycles. The first-order chi connectivity index (χ1) is 45.8. The number of nitrogens with one attached hydrogen (secondary N) is 3. The topological polar surface area (TPSA) is 325 Å². The molecule has 2 aromatic rings. The molecule has 542 valence electrons. The summed E-state index contributed by atoms with van der Waals surface area (Å²) in [5, 5.41) is 7.93. The number of sulfone groups is 1. The Hall–Kier alpha value is -6.77. The van der Waals surface area contributed by atoms with Gasteiger partial charge in [0.1, 0.15) is 12.4 Å². The number of thioether (sulfide) groups is 1. The lowest BCUT2D eigenvalue weighted by Crippen LogP contribution is -2.54. The highest BCUT2D eigenvalue weighted by atomic mass is 32.2. The molecule has 2 saturated heterocycles. The van der Waals surface area contributed by atoms with E-state index < -0.39 is 99.5 Å². The van der Waals surface area contributed by atoms with Gasteiger partial charge in [0.25, 0.3) is 0 Å². The molecule has 1 unspecified atom stereocenters. The van der Waals surface area contributed by atoms with E-state index in [1.807, 2.05) is 27.7 Å². The van der Waals surface area contributed by atoms with Gasteiger partial charge in [-0.2, -0.15) is 11.8 Å². The monoisotopic (exact) mass is 1390 g/mol. The number of hydrogen-bond acceptors (Lipinski definition) is 17. The number of methoxy groups -OCH3 is 2. The third-order valence-corrected chi connectivity index (χ3v) is 21.4. The van der Waals surface area contributed by atoms with Crippen molar-refractivity contribution in [2.24, 2.45) is 47.2 Å². The van der Waals surface area contributed by atoms with Crippen molar-refractivity contribution in [2.45, 2.75) is 206 Å². The Kier molecular flexibility index (Phi) is 34.4. The number of benzene rings is 2. The number of urea groups is 1. The van der Waals surface area contributed by atoms with Gasteiger partial charge in [-0.1, -0.05) is 124 Å². The van der Waals surface area contributed by atoms with E-state index in [4.69, 9.17) is 19.9 Å². The number of Topliss-reactive ketones (excluding diaryl/α,β-unsaturated/α-hetero) is 3. The Labute approximate surface area is 579 Å². The van der Waals surface area contributed by atoms with E-state index in [0.29, 0.717) is 81.3 Å². The summed E-state index contributed by atoms with van der Waals surface area (Å²) in [6.45, 7) is 17.2. The number of ether oxygens (including phenoxy) is 3. The van der Waals surface area contributed by atoms with Gasteiger partial charge in [0, 0.05) is 97.1 Å². The summed E-state index contributed by atoms with van der Waals surface area (Å²) < 4.78 is 44.0. The molecule has 11 atom stereocenters. The lowest BCUT2D eigenvalue weighted by molar-refractivity contribution is -0.149. The van der Waals surface area contributed by atoms with Crippen molar-refractivity contribution in [2.75, 3.05) is 65.3 Å². The zero-order chi connectivity index (χ0) is 72.4. The van der Waals surface area contributed by atoms with E-state index in [1.54, 1.807) is 112 Å². The number of primary amides is 1. The van der Waals surface area contributed by atoms with E-state index in [2.05, 4.69) is 16.0 Å². The molecule has 2 aliphatic heterocycles. The zero-order valence-electron chi connectivity index (χ0n) is 59.6. The second-order valence-electron chi connectivity index (χ2n) is 27.2. The number of likely N-dealkylation sites (tertiary alicyclic amines) is 2. The zero-order valence-corrected chi connectivity index (χ0v) is 61.3. The average molecular weight is 1400 g/mol. The summed E-state index contributed by atoms with van der Waals surface area (Å²) in [6, 6.07) is 11.5. The van der Waals surface area contributed by atoms with Crippen LogP contribution in [0.4, 0.5) is 15.3 Å². The quantitative estimate of drug-likeness (QED) is 0.0359. The Bertz CT molecular complexity index is 3080. The second kappa shape index (κ2) is 40.3. The maximum Gasteiger partial charge on any atom is 0.410 e. The van der Waals surface area contributed by atoms with Gasteiger partial charge in [-0.15, -0.1) is 0 Å². The van der Waals surface area contributed by atoms with Crippen LogP contribution in [0.1, 0.15) is 163 Å². The highest BCUT2D eigenvalue weighted by Gasteiger charge is 2.45. The number of anilines is 1. The molecule has 0 spiro atoms. The van der Waals surface area contributed by atoms with Crippen molar-refractivity contribution in [3.63, 3.8) is 0 Å². The van der Waals surface area contributed by atoms with Crippen LogP contribution >= 0.6 is 11.8 Å². The molecule has 24 nitrogen and oxygen atoms in total. The number of ketones is 3. The van der Waals surface area contributed by atoms with Crippen LogP contribution in [0.5, 0.6) is 0 Å². The molecule has 2 fully saturated rings. The van der Waals surface area contributed by atoms with Crippen LogP contribution in [0.3, 0.4) is 0 Å². The molecule has 9 amide bonds. The number of imide groups is 1. The van der Waals surface area contributed by atoms with E-state index >= 15 is 0 Å². The molecular formula is C71H110N8O16S2. The van der Waals surface area contributed by atoms with Crippen LogP contribution in [0, 0.1) is 41.4 Å². The van der Waals surface area contributed by atoms with Crippen LogP contribution in [-0.2, 0) is 79.6 Å². The van der Waals surface area contributed by atoms with Gasteiger partial charge in [-0.25, -0.2) is 18.0 Å². The predicted molar refractivity (Wildman–Crippen MR) is 373 cm³/mol. The molecule has 0 radical (unpaired) electrons. The van der Waals surface area contributed by atoms with Gasteiger partial charge in [0.05, 0.1) is 53.8 Å². The molecular weight excluding hydrogens is 1280 g/mol. The second-order valence-corrected chi connectivity index (χ2v) is 30.3. The SMILES string of the molecule is CC[C@H](C)[C@@H]([C@@H](CC(=O)N1CCC[C@H]1[C@H](OC)[C@@H](C)C(=O)CS(=O)(=O)Cc1ccccc1)OC)N(C)C(=O)[C@@H](CC(=O)[C@H](C(C)C)N(C)C(=O)OCc1ccc(NC(=O)[C@H](CCCCNC(N)=O)CC(=O)[C@@H](NC(=O)CCCCCN2C(=O)CC(SC)C2=O)C(C)C)cc1)C(C)C. The van der Waals surface area contributed by atoms with E-state index in [0.717, 1.165) is 0 Å². The van der Waals surface area contributed by atoms with E-state index in [9.17, 15) is 61.2 Å². The third-order valence-electron chi connectivity index (χ3n) is 18.9. The first-order valence-electron chi connectivity index (χ1n) is 34.2. The van der Waals surface area contributed by atoms with Crippen LogP contribution < -0.4 is 21.7 Å². The summed E-state index contributed by atoms with van der Waals surface area (Å²) in [5.41, 5.74) is 6.77. The average Bonchev–Trinajstić information content (AvgIpc) is 1.79. The fourth-order valence-electron chi connectivity index (χ4n) is 13.2.